The number of rotatable bonds is 5. The quantitative estimate of drug-likeness (QED) is 0.680. The van der Waals surface area contributed by atoms with Crippen LogP contribution in [-0.2, 0) is 17.1 Å². The highest BCUT2D eigenvalue weighted by atomic mass is 32.2. The number of hydrogen-bond donors (Lipinski definition) is 1. The van der Waals surface area contributed by atoms with Crippen LogP contribution in [0.4, 0.5) is 0 Å². The van der Waals surface area contributed by atoms with Gasteiger partial charge in [0.25, 0.3) is 5.91 Å². The first-order valence-electron chi connectivity index (χ1n) is 12.7. The summed E-state index contributed by atoms with van der Waals surface area (Å²) in [5.74, 6) is -0.374. The van der Waals surface area contributed by atoms with Gasteiger partial charge in [-0.2, -0.15) is 4.31 Å². The first kappa shape index (κ1) is 24.9. The zero-order valence-corrected chi connectivity index (χ0v) is 21.2. The van der Waals surface area contributed by atoms with Gasteiger partial charge in [0.05, 0.1) is 10.4 Å². The number of nitrogens with one attached hydrogen (secondary N) is 1. The minimum Gasteiger partial charge on any atom is -0.350 e. The second-order valence-electron chi connectivity index (χ2n) is 9.99. The Balaban J connectivity index is 1.65. The van der Waals surface area contributed by atoms with Crippen LogP contribution in [0, 0.1) is 0 Å². The largest absolute Gasteiger partial charge is 0.350 e. The Hall–Kier alpha value is -2.19. The van der Waals surface area contributed by atoms with Gasteiger partial charge in [0, 0.05) is 37.8 Å². The van der Waals surface area contributed by atoms with Gasteiger partial charge in [-0.15, -0.1) is 0 Å². The number of amides is 1. The summed E-state index contributed by atoms with van der Waals surface area (Å²) in [5.41, 5.74) is 0.243. The number of sulfonamides is 1. The summed E-state index contributed by atoms with van der Waals surface area (Å²) in [6, 6.07) is 4.72. The van der Waals surface area contributed by atoms with Crippen molar-refractivity contribution in [1.82, 2.24) is 14.2 Å². The molecule has 7 nitrogen and oxygen atoms in total. The fraction of sp³-hybridized carbons (Fsp3) is 0.615. The second kappa shape index (κ2) is 10.6. The van der Waals surface area contributed by atoms with Crippen LogP contribution in [0.5, 0.6) is 0 Å². The van der Waals surface area contributed by atoms with E-state index in [9.17, 15) is 18.0 Å². The molecule has 0 radical (unpaired) electrons. The predicted octanol–water partition coefficient (Wildman–Crippen LogP) is 4.33. The molecule has 0 aliphatic heterocycles. The van der Waals surface area contributed by atoms with Gasteiger partial charge in [0.2, 0.25) is 15.5 Å². The molecule has 34 heavy (non-hydrogen) atoms. The molecule has 2 aliphatic carbocycles. The first-order valence-corrected chi connectivity index (χ1v) is 14.2. The summed E-state index contributed by atoms with van der Waals surface area (Å²) in [6.07, 6.45) is 14.1. The lowest BCUT2D eigenvalue weighted by atomic mass is 9.96. The Morgan fingerprint density at radius 2 is 1.56 bits per heavy atom. The topological polar surface area (TPSA) is 88.5 Å². The Bertz CT molecular complexity index is 1190. The van der Waals surface area contributed by atoms with Crippen LogP contribution in [0.15, 0.2) is 34.1 Å². The van der Waals surface area contributed by atoms with E-state index in [0.717, 1.165) is 57.8 Å². The van der Waals surface area contributed by atoms with Gasteiger partial charge in [-0.1, -0.05) is 51.4 Å². The zero-order valence-electron chi connectivity index (χ0n) is 20.4. The van der Waals surface area contributed by atoms with Crippen molar-refractivity contribution in [3.8, 4) is 0 Å². The first-order chi connectivity index (χ1) is 16.3. The van der Waals surface area contributed by atoms with Crippen molar-refractivity contribution >= 4 is 26.8 Å². The smallest absolute Gasteiger partial charge is 0.256 e. The van der Waals surface area contributed by atoms with Gasteiger partial charge in [0.1, 0.15) is 5.56 Å². The summed E-state index contributed by atoms with van der Waals surface area (Å²) in [5, 5.41) is 3.32. The van der Waals surface area contributed by atoms with Crippen molar-refractivity contribution in [2.75, 3.05) is 7.05 Å². The van der Waals surface area contributed by atoms with Gasteiger partial charge in [-0.05, 0) is 43.9 Å². The molecule has 0 bridgehead atoms. The molecule has 186 valence electrons. The third-order valence-corrected chi connectivity index (χ3v) is 9.52. The maximum Gasteiger partial charge on any atom is 0.256 e. The monoisotopic (exact) mass is 487 g/mol. The molecule has 2 aromatic rings. The molecule has 1 N–H and O–H groups in total. The van der Waals surface area contributed by atoms with Crippen LogP contribution in [-0.4, -0.2) is 42.3 Å². The van der Waals surface area contributed by atoms with E-state index in [2.05, 4.69) is 5.32 Å². The van der Waals surface area contributed by atoms with Gasteiger partial charge in [0.15, 0.2) is 0 Å². The standard InChI is InChI=1S/C26H37N3O4S/c1-28-18-23(26(31)27-19-11-7-4-3-5-8-12-19)25(30)22-17-21(15-16-24(22)28)34(32,33)29(2)20-13-9-6-10-14-20/h15-20H,3-14H2,1-2H3,(H,27,31). The normalized spacial score (nSPS) is 19.1. The Kier molecular flexibility index (Phi) is 7.77. The lowest BCUT2D eigenvalue weighted by Gasteiger charge is -2.30. The molecular weight excluding hydrogens is 450 g/mol. The lowest BCUT2D eigenvalue weighted by Crippen LogP contribution is -2.38. The average molecular weight is 488 g/mol. The van der Waals surface area contributed by atoms with E-state index in [-0.39, 0.29) is 33.8 Å². The second-order valence-corrected chi connectivity index (χ2v) is 12.0. The lowest BCUT2D eigenvalue weighted by molar-refractivity contribution is 0.0929. The molecular formula is C26H37N3O4S. The average Bonchev–Trinajstić information content (AvgIpc) is 2.82. The van der Waals surface area contributed by atoms with Crippen LogP contribution in [0.1, 0.15) is 87.4 Å². The van der Waals surface area contributed by atoms with E-state index in [1.54, 1.807) is 37.0 Å². The molecule has 4 rings (SSSR count). The van der Waals surface area contributed by atoms with Crippen molar-refractivity contribution in [2.24, 2.45) is 7.05 Å². The summed E-state index contributed by atoms with van der Waals surface area (Å²) >= 11 is 0. The molecule has 2 fully saturated rings. The third-order valence-electron chi connectivity index (χ3n) is 7.61. The van der Waals surface area contributed by atoms with E-state index in [4.69, 9.17) is 0 Å². The van der Waals surface area contributed by atoms with E-state index < -0.39 is 15.5 Å². The molecule has 2 aliphatic rings. The van der Waals surface area contributed by atoms with E-state index in [1.807, 2.05) is 0 Å². The zero-order chi connectivity index (χ0) is 24.3. The number of aryl methyl sites for hydroxylation is 1. The van der Waals surface area contributed by atoms with Crippen LogP contribution >= 0.6 is 0 Å². The summed E-state index contributed by atoms with van der Waals surface area (Å²) in [6.45, 7) is 0. The summed E-state index contributed by atoms with van der Waals surface area (Å²) < 4.78 is 29.9. The number of hydrogen-bond acceptors (Lipinski definition) is 4. The number of pyridine rings is 1. The van der Waals surface area contributed by atoms with Crippen molar-refractivity contribution in [1.29, 1.82) is 0 Å². The van der Waals surface area contributed by atoms with Crippen LogP contribution < -0.4 is 10.7 Å². The fourth-order valence-corrected chi connectivity index (χ4v) is 6.91. The SMILES string of the molecule is CN(C1CCCCC1)S(=O)(=O)c1ccc2c(c1)c(=O)c(C(=O)NC1CCCCCCC1)cn2C. The molecule has 0 unspecified atom stereocenters. The van der Waals surface area contributed by atoms with Gasteiger partial charge in [-0.3, -0.25) is 9.59 Å². The summed E-state index contributed by atoms with van der Waals surface area (Å²) in [7, 11) is -0.332. The van der Waals surface area contributed by atoms with Crippen molar-refractivity contribution in [3.63, 3.8) is 0 Å². The van der Waals surface area contributed by atoms with E-state index in [1.165, 1.54) is 29.6 Å². The minimum atomic E-state index is -3.74. The highest BCUT2D eigenvalue weighted by Crippen LogP contribution is 2.27. The molecule has 1 amide bonds. The number of carbonyl (C=O) groups is 1. The molecule has 1 heterocycles. The molecule has 8 heteroatoms. The number of benzene rings is 1. The molecule has 1 aromatic carbocycles. The van der Waals surface area contributed by atoms with E-state index >= 15 is 0 Å². The maximum atomic E-state index is 13.4. The van der Waals surface area contributed by atoms with Gasteiger partial charge >= 0.3 is 0 Å². The number of carbonyl (C=O) groups excluding carboxylic acids is 1. The Labute approximate surface area is 202 Å². The molecule has 1 aromatic heterocycles. The maximum absolute atomic E-state index is 13.4. The number of fused-ring (bicyclic) bond motifs is 1. The minimum absolute atomic E-state index is 0.0156. The third kappa shape index (κ3) is 5.23. The number of nitrogens with zero attached hydrogens (tertiary/aromatic N) is 2. The van der Waals surface area contributed by atoms with Crippen LogP contribution in [0.2, 0.25) is 0 Å². The predicted molar refractivity (Wildman–Crippen MR) is 135 cm³/mol. The van der Waals surface area contributed by atoms with Gasteiger partial charge in [-0.25, -0.2) is 8.42 Å². The van der Waals surface area contributed by atoms with Gasteiger partial charge < -0.3 is 9.88 Å². The fourth-order valence-electron chi connectivity index (χ4n) is 5.46. The highest BCUT2D eigenvalue weighted by Gasteiger charge is 2.29. The number of aromatic nitrogens is 1. The molecule has 2 saturated carbocycles. The van der Waals surface area contributed by atoms with Crippen molar-refractivity contribution < 1.29 is 13.2 Å². The molecule has 0 saturated heterocycles. The van der Waals surface area contributed by atoms with Crippen molar-refractivity contribution in [3.05, 3.63) is 40.2 Å². The Morgan fingerprint density at radius 3 is 2.24 bits per heavy atom. The van der Waals surface area contributed by atoms with E-state index in [0.29, 0.717) is 5.52 Å². The highest BCUT2D eigenvalue weighted by molar-refractivity contribution is 7.89. The van der Waals surface area contributed by atoms with Crippen LogP contribution in [0.3, 0.4) is 0 Å². The van der Waals surface area contributed by atoms with Crippen molar-refractivity contribution in [2.45, 2.75) is 94.0 Å². The molecule has 0 spiro atoms. The molecule has 0 atom stereocenters. The summed E-state index contributed by atoms with van der Waals surface area (Å²) in [4.78, 5) is 26.5. The van der Waals surface area contributed by atoms with Crippen LogP contribution in [0.25, 0.3) is 10.9 Å². The Morgan fingerprint density at radius 1 is 0.971 bits per heavy atom.